The minimum absolute atomic E-state index is 0.300. The van der Waals surface area contributed by atoms with E-state index >= 15 is 0 Å². The summed E-state index contributed by atoms with van der Waals surface area (Å²) >= 11 is 0.300. The van der Waals surface area contributed by atoms with Gasteiger partial charge in [0.2, 0.25) is 0 Å². The number of hydrogen-bond donors (Lipinski definition) is 0. The fourth-order valence-electron chi connectivity index (χ4n) is 0.385. The number of hydrogen-bond acceptors (Lipinski definition) is 1. The summed E-state index contributed by atoms with van der Waals surface area (Å²) in [4.78, 5) is 0. The predicted molar refractivity (Wildman–Crippen MR) is 32.9 cm³/mol. The molecular weight excluding hydrogens is 207 g/mol. The molecule has 8 heavy (non-hydrogen) atoms. The Balaban J connectivity index is 0.000000222. The van der Waals surface area contributed by atoms with E-state index in [-0.39, 0.29) is 0 Å². The van der Waals surface area contributed by atoms with Crippen molar-refractivity contribution in [1.29, 1.82) is 0 Å². The summed E-state index contributed by atoms with van der Waals surface area (Å²) < 4.78 is 8.34. The van der Waals surface area contributed by atoms with Gasteiger partial charge in [0.1, 0.15) is 0 Å². The summed E-state index contributed by atoms with van der Waals surface area (Å²) in [5, 5.41) is 0. The Morgan fingerprint density at radius 3 is 0.875 bits per heavy atom. The molecule has 1 aromatic rings. The molecule has 0 amide bonds. The summed E-state index contributed by atoms with van der Waals surface area (Å²) in [7, 11) is 0. The Morgan fingerprint density at radius 2 is 0.750 bits per heavy atom. The molecule has 1 rings (SSSR count). The fraction of sp³-hybridized carbons (Fsp3) is 0. The van der Waals surface area contributed by atoms with Crippen LogP contribution in [-0.2, 0) is 3.08 Å². The van der Waals surface area contributed by atoms with Gasteiger partial charge in [-0.25, -0.2) is 0 Å². The van der Waals surface area contributed by atoms with Gasteiger partial charge < -0.3 is 0 Å². The Morgan fingerprint density at radius 1 is 0.625 bits per heavy atom. The van der Waals surface area contributed by atoms with Crippen molar-refractivity contribution < 1.29 is 3.08 Å². The fourth-order valence-corrected chi connectivity index (χ4v) is 0.385. The molecule has 1 nitrogen and oxygen atoms in total. The Kier molecular flexibility index (Phi) is 6.66. The Labute approximate surface area is 62.2 Å². The first-order valence-electron chi connectivity index (χ1n) is 2.20. The monoisotopic (exact) mass is 214 g/mol. The molecule has 1 aromatic carbocycles. The zero-order valence-corrected chi connectivity index (χ0v) is 7.23. The van der Waals surface area contributed by atoms with Crippen LogP contribution in [-0.4, -0.2) is 22.5 Å². The van der Waals surface area contributed by atoms with Crippen LogP contribution in [0.1, 0.15) is 0 Å². The molecule has 0 unspecified atom stereocenters. The molecule has 0 aliphatic rings. The second kappa shape index (κ2) is 6.82. The molecule has 40 valence electrons. The van der Waals surface area contributed by atoms with Crippen LogP contribution in [0.15, 0.2) is 36.4 Å². The molecule has 0 aliphatic heterocycles. The average molecular weight is 213 g/mol. The first kappa shape index (κ1) is 7.82. The van der Waals surface area contributed by atoms with Gasteiger partial charge in [-0.2, -0.15) is 0 Å². The van der Waals surface area contributed by atoms with Gasteiger partial charge in [-0.15, -0.1) is 0 Å². The average Bonchev–Trinajstić information content (AvgIpc) is 1.96. The van der Waals surface area contributed by atoms with Crippen LogP contribution in [0.5, 0.6) is 0 Å². The predicted octanol–water partition coefficient (Wildman–Crippen LogP) is 1.19. The van der Waals surface area contributed by atoms with E-state index in [2.05, 4.69) is 0 Å². The molecule has 0 heterocycles. The maximum Gasteiger partial charge on any atom is -0.0623 e. The van der Waals surface area contributed by atoms with Gasteiger partial charge in [-0.05, 0) is 0 Å². The van der Waals surface area contributed by atoms with E-state index in [0.29, 0.717) is 22.5 Å². The SMILES string of the molecule is [O]=[Sn].c1ccccc1. The molecule has 0 spiro atoms. The first-order chi connectivity index (χ1) is 4.00. The molecule has 2 heteroatoms. The Bertz CT molecular complexity index is 91.4. The van der Waals surface area contributed by atoms with Crippen LogP contribution in [0.2, 0.25) is 0 Å². The summed E-state index contributed by atoms with van der Waals surface area (Å²) in [6.07, 6.45) is 0. The maximum absolute atomic E-state index is 8.34. The molecule has 0 bridgehead atoms. The molecule has 0 aliphatic carbocycles. The Hall–Kier alpha value is -0.181. The van der Waals surface area contributed by atoms with Gasteiger partial charge in [0.15, 0.2) is 0 Å². The third-order valence-electron chi connectivity index (χ3n) is 0.667. The van der Waals surface area contributed by atoms with Crippen molar-refractivity contribution in [2.24, 2.45) is 0 Å². The van der Waals surface area contributed by atoms with Crippen molar-refractivity contribution in [2.75, 3.05) is 0 Å². The van der Waals surface area contributed by atoms with Gasteiger partial charge in [-0.3, -0.25) is 0 Å². The third-order valence-corrected chi connectivity index (χ3v) is 0.667. The van der Waals surface area contributed by atoms with Crippen molar-refractivity contribution in [2.45, 2.75) is 0 Å². The van der Waals surface area contributed by atoms with E-state index in [1.165, 1.54) is 0 Å². The van der Waals surface area contributed by atoms with E-state index in [1.54, 1.807) is 0 Å². The number of benzene rings is 1. The van der Waals surface area contributed by atoms with E-state index in [1.807, 2.05) is 36.4 Å². The van der Waals surface area contributed by atoms with Crippen molar-refractivity contribution >= 4 is 22.5 Å². The minimum atomic E-state index is 0.300. The van der Waals surface area contributed by atoms with Crippen LogP contribution >= 0.6 is 0 Å². The van der Waals surface area contributed by atoms with E-state index in [0.717, 1.165) is 0 Å². The normalized spacial score (nSPS) is 6.50. The summed E-state index contributed by atoms with van der Waals surface area (Å²) in [6.45, 7) is 0. The van der Waals surface area contributed by atoms with Crippen molar-refractivity contribution in [3.63, 3.8) is 0 Å². The van der Waals surface area contributed by atoms with Crippen molar-refractivity contribution in [1.82, 2.24) is 0 Å². The van der Waals surface area contributed by atoms with Crippen LogP contribution in [0, 0.1) is 0 Å². The van der Waals surface area contributed by atoms with Crippen LogP contribution in [0.4, 0.5) is 0 Å². The topological polar surface area (TPSA) is 17.1 Å². The minimum Gasteiger partial charge on any atom is -0.0623 e. The molecule has 0 atom stereocenters. The van der Waals surface area contributed by atoms with Gasteiger partial charge >= 0.3 is 25.6 Å². The summed E-state index contributed by atoms with van der Waals surface area (Å²) in [6, 6.07) is 12.0. The summed E-state index contributed by atoms with van der Waals surface area (Å²) in [5.41, 5.74) is 0. The van der Waals surface area contributed by atoms with E-state index < -0.39 is 0 Å². The van der Waals surface area contributed by atoms with E-state index in [9.17, 15) is 0 Å². The standard InChI is InChI=1S/C6H6.O.Sn/c1-2-4-6-5-3-1;;/h1-6H;;. The van der Waals surface area contributed by atoms with Gasteiger partial charge in [0.05, 0.1) is 0 Å². The molecule has 0 fully saturated rings. The maximum atomic E-state index is 8.34. The second-order valence-corrected chi connectivity index (χ2v) is 1.15. The quantitative estimate of drug-likeness (QED) is 0.591. The van der Waals surface area contributed by atoms with Crippen molar-refractivity contribution in [3.8, 4) is 0 Å². The number of rotatable bonds is 0. The smallest absolute Gasteiger partial charge is 0.0623 e. The summed E-state index contributed by atoms with van der Waals surface area (Å²) in [5.74, 6) is 0. The third kappa shape index (κ3) is 3.99. The van der Waals surface area contributed by atoms with Crippen molar-refractivity contribution in [3.05, 3.63) is 36.4 Å². The molecule has 0 saturated heterocycles. The van der Waals surface area contributed by atoms with Crippen LogP contribution in [0.3, 0.4) is 0 Å². The molecule has 0 saturated carbocycles. The van der Waals surface area contributed by atoms with Gasteiger partial charge in [-0.1, -0.05) is 36.4 Å². The molecule has 0 aromatic heterocycles. The first-order valence-corrected chi connectivity index (χ1v) is 3.37. The van der Waals surface area contributed by atoms with Crippen LogP contribution in [0.25, 0.3) is 0 Å². The largest absolute Gasteiger partial charge is 0.0623 e. The molecule has 0 N–H and O–H groups in total. The zero-order valence-electron chi connectivity index (χ0n) is 4.37. The molecular formula is C6H6OSn. The molecule has 2 radical (unpaired) electrons. The zero-order chi connectivity index (χ0) is 6.24. The second-order valence-electron chi connectivity index (χ2n) is 1.15. The van der Waals surface area contributed by atoms with Crippen LogP contribution < -0.4 is 0 Å². The van der Waals surface area contributed by atoms with E-state index in [4.69, 9.17) is 3.08 Å². The van der Waals surface area contributed by atoms with Gasteiger partial charge in [0.25, 0.3) is 0 Å². The van der Waals surface area contributed by atoms with Gasteiger partial charge in [0, 0.05) is 0 Å².